The molecule has 1 aromatic carbocycles. The number of hydrogen-bond donors (Lipinski definition) is 1. The van der Waals surface area contributed by atoms with Crippen molar-refractivity contribution in [2.24, 2.45) is 15.4 Å². The molecule has 1 aromatic rings. The molecule has 0 fully saturated rings. The molecule has 0 amide bonds. The largest absolute Gasteiger partial charge is 0.346 e. The molecule has 96 valence electrons. The normalized spacial score (nSPS) is 26.7. The van der Waals surface area contributed by atoms with Crippen LogP contribution in [0.2, 0.25) is 0 Å². The van der Waals surface area contributed by atoms with Crippen molar-refractivity contribution in [2.75, 3.05) is 0 Å². The van der Waals surface area contributed by atoms with Gasteiger partial charge in [-0.05, 0) is 31.2 Å². The summed E-state index contributed by atoms with van der Waals surface area (Å²) in [4.78, 5) is 9.18. The molecule has 0 aliphatic carbocycles. The highest BCUT2D eigenvalue weighted by Gasteiger charge is 2.38. The van der Waals surface area contributed by atoms with Gasteiger partial charge in [0.15, 0.2) is 0 Å². The van der Waals surface area contributed by atoms with Crippen LogP contribution in [0.3, 0.4) is 0 Å². The van der Waals surface area contributed by atoms with E-state index in [1.165, 1.54) is 11.1 Å². The van der Waals surface area contributed by atoms with Crippen LogP contribution in [0.25, 0.3) is 0 Å². The van der Waals surface area contributed by atoms with Gasteiger partial charge in [0.2, 0.25) is 0 Å². The molecule has 0 radical (unpaired) electrons. The zero-order valence-corrected chi connectivity index (χ0v) is 11.2. The number of fused-ring (bicyclic) bond motifs is 1. The van der Waals surface area contributed by atoms with E-state index in [1.54, 1.807) is 0 Å². The molecule has 3 nitrogen and oxygen atoms in total. The molecule has 1 atom stereocenters. The zero-order valence-electron chi connectivity index (χ0n) is 11.2. The SMILES string of the molecule is CC1=CN=C2C(=NCc3ccccc3)NC=CC12C. The average molecular weight is 251 g/mol. The van der Waals surface area contributed by atoms with Crippen molar-refractivity contribution in [3.63, 3.8) is 0 Å². The number of allylic oxidation sites excluding steroid dienone is 2. The van der Waals surface area contributed by atoms with Gasteiger partial charge in [0.05, 0.1) is 17.7 Å². The molecule has 2 aliphatic heterocycles. The first-order valence-electron chi connectivity index (χ1n) is 6.49. The molecule has 3 rings (SSSR count). The maximum atomic E-state index is 4.67. The van der Waals surface area contributed by atoms with Gasteiger partial charge in [-0.2, -0.15) is 0 Å². The third-order valence-corrected chi connectivity index (χ3v) is 3.82. The summed E-state index contributed by atoms with van der Waals surface area (Å²) in [6.07, 6.45) is 6.04. The van der Waals surface area contributed by atoms with Crippen molar-refractivity contribution in [1.29, 1.82) is 0 Å². The van der Waals surface area contributed by atoms with Crippen LogP contribution in [0.5, 0.6) is 0 Å². The van der Waals surface area contributed by atoms with E-state index in [4.69, 9.17) is 0 Å². The summed E-state index contributed by atoms with van der Waals surface area (Å²) in [6, 6.07) is 10.3. The molecular formula is C16H17N3. The molecule has 1 N–H and O–H groups in total. The van der Waals surface area contributed by atoms with Crippen LogP contribution in [0.1, 0.15) is 19.4 Å². The van der Waals surface area contributed by atoms with Gasteiger partial charge in [-0.25, -0.2) is 0 Å². The molecule has 0 saturated heterocycles. The lowest BCUT2D eigenvalue weighted by molar-refractivity contribution is 0.720. The van der Waals surface area contributed by atoms with Gasteiger partial charge < -0.3 is 5.32 Å². The van der Waals surface area contributed by atoms with Gasteiger partial charge >= 0.3 is 0 Å². The van der Waals surface area contributed by atoms with Crippen molar-refractivity contribution >= 4 is 11.5 Å². The molecule has 2 aliphatic rings. The van der Waals surface area contributed by atoms with Gasteiger partial charge in [-0.3, -0.25) is 9.98 Å². The summed E-state index contributed by atoms with van der Waals surface area (Å²) < 4.78 is 0. The highest BCUT2D eigenvalue weighted by molar-refractivity contribution is 6.45. The zero-order chi connectivity index (χ0) is 13.3. The topological polar surface area (TPSA) is 36.8 Å². The fourth-order valence-corrected chi connectivity index (χ4v) is 2.36. The third kappa shape index (κ3) is 2.01. The number of hydrogen-bond acceptors (Lipinski definition) is 2. The maximum absolute atomic E-state index is 4.67. The van der Waals surface area contributed by atoms with E-state index in [9.17, 15) is 0 Å². The molecule has 0 spiro atoms. The Morgan fingerprint density at radius 3 is 2.84 bits per heavy atom. The number of amidine groups is 1. The highest BCUT2D eigenvalue weighted by atomic mass is 15.0. The first-order valence-corrected chi connectivity index (χ1v) is 6.49. The number of nitrogens with zero attached hydrogens (tertiary/aromatic N) is 2. The van der Waals surface area contributed by atoms with E-state index in [2.05, 4.69) is 47.4 Å². The summed E-state index contributed by atoms with van der Waals surface area (Å²) >= 11 is 0. The van der Waals surface area contributed by atoms with Gasteiger partial charge in [0, 0.05) is 6.20 Å². The summed E-state index contributed by atoms with van der Waals surface area (Å²) in [6.45, 7) is 4.96. The molecule has 1 unspecified atom stereocenters. The van der Waals surface area contributed by atoms with Crippen LogP contribution in [0.15, 0.2) is 64.4 Å². The maximum Gasteiger partial charge on any atom is 0.148 e. The van der Waals surface area contributed by atoms with Crippen LogP contribution in [-0.2, 0) is 6.54 Å². The van der Waals surface area contributed by atoms with Gasteiger partial charge in [0.25, 0.3) is 0 Å². The number of nitrogens with one attached hydrogen (secondary N) is 1. The van der Waals surface area contributed by atoms with Crippen molar-refractivity contribution in [3.8, 4) is 0 Å². The summed E-state index contributed by atoms with van der Waals surface area (Å²) in [5.41, 5.74) is 3.38. The van der Waals surface area contributed by atoms with E-state index in [0.717, 1.165) is 11.5 Å². The molecule has 19 heavy (non-hydrogen) atoms. The van der Waals surface area contributed by atoms with Crippen molar-refractivity contribution in [2.45, 2.75) is 20.4 Å². The minimum atomic E-state index is -0.0965. The molecular weight excluding hydrogens is 234 g/mol. The number of rotatable bonds is 2. The third-order valence-electron chi connectivity index (χ3n) is 3.82. The lowest BCUT2D eigenvalue weighted by Gasteiger charge is -2.29. The van der Waals surface area contributed by atoms with Crippen LogP contribution in [-0.4, -0.2) is 11.5 Å². The quantitative estimate of drug-likeness (QED) is 0.861. The molecule has 0 saturated carbocycles. The smallest absolute Gasteiger partial charge is 0.148 e. The van der Waals surface area contributed by atoms with Crippen LogP contribution in [0.4, 0.5) is 0 Å². The van der Waals surface area contributed by atoms with Gasteiger partial charge in [0.1, 0.15) is 5.84 Å². The van der Waals surface area contributed by atoms with E-state index in [0.29, 0.717) is 6.54 Å². The Labute approximate surface area is 113 Å². The monoisotopic (exact) mass is 251 g/mol. The summed E-state index contributed by atoms with van der Waals surface area (Å²) in [5.74, 6) is 0.877. The highest BCUT2D eigenvalue weighted by Crippen LogP contribution is 2.36. The van der Waals surface area contributed by atoms with Gasteiger partial charge in [-0.1, -0.05) is 36.4 Å². The lowest BCUT2D eigenvalue weighted by Crippen LogP contribution is -2.41. The van der Waals surface area contributed by atoms with E-state index in [1.807, 2.05) is 30.6 Å². The average Bonchev–Trinajstić information content (AvgIpc) is 2.74. The fraction of sp³-hybridized carbons (Fsp3) is 0.250. The van der Waals surface area contributed by atoms with Crippen LogP contribution < -0.4 is 5.32 Å². The Bertz CT molecular complexity index is 608. The molecule has 3 heteroatoms. The van der Waals surface area contributed by atoms with Crippen molar-refractivity contribution in [3.05, 3.63) is 59.9 Å². The Balaban J connectivity index is 1.86. The summed E-state index contributed by atoms with van der Waals surface area (Å²) in [7, 11) is 0. The Kier molecular flexibility index (Phi) is 2.82. The predicted octanol–water partition coefficient (Wildman–Crippen LogP) is 3.07. The van der Waals surface area contributed by atoms with Crippen molar-refractivity contribution in [1.82, 2.24) is 5.32 Å². The number of aliphatic imine (C=N–C) groups is 2. The fourth-order valence-electron chi connectivity index (χ4n) is 2.36. The minimum Gasteiger partial charge on any atom is -0.346 e. The predicted molar refractivity (Wildman–Crippen MR) is 79.2 cm³/mol. The summed E-state index contributed by atoms with van der Waals surface area (Å²) in [5, 5.41) is 3.21. The molecule has 0 aromatic heterocycles. The van der Waals surface area contributed by atoms with E-state index >= 15 is 0 Å². The van der Waals surface area contributed by atoms with Crippen molar-refractivity contribution < 1.29 is 0 Å². The minimum absolute atomic E-state index is 0.0965. The first-order chi connectivity index (χ1) is 9.20. The Morgan fingerprint density at radius 1 is 1.26 bits per heavy atom. The Morgan fingerprint density at radius 2 is 2.05 bits per heavy atom. The second-order valence-electron chi connectivity index (χ2n) is 5.12. The van der Waals surface area contributed by atoms with E-state index < -0.39 is 0 Å². The molecule has 2 heterocycles. The van der Waals surface area contributed by atoms with E-state index in [-0.39, 0.29) is 5.41 Å². The second kappa shape index (κ2) is 4.50. The Hall–Kier alpha value is -2.16. The van der Waals surface area contributed by atoms with Crippen LogP contribution >= 0.6 is 0 Å². The van der Waals surface area contributed by atoms with Crippen LogP contribution in [0, 0.1) is 5.41 Å². The second-order valence-corrected chi connectivity index (χ2v) is 5.12. The van der Waals surface area contributed by atoms with Gasteiger partial charge in [-0.15, -0.1) is 0 Å². The number of benzene rings is 1. The lowest BCUT2D eigenvalue weighted by atomic mass is 9.78. The first kappa shape index (κ1) is 11.9. The molecule has 0 bridgehead atoms. The standard InChI is InChI=1S/C16H17N3/c1-12-10-18-14-15(17-9-8-16(12,14)2)19-11-13-6-4-3-5-7-13/h3-10H,11H2,1-2H3,(H,17,19).